The lowest BCUT2D eigenvalue weighted by Crippen LogP contribution is -2.33. The van der Waals surface area contributed by atoms with Crippen LogP contribution in [0, 0.1) is 0 Å². The summed E-state index contributed by atoms with van der Waals surface area (Å²) >= 11 is 0. The van der Waals surface area contributed by atoms with Crippen molar-refractivity contribution in [2.24, 2.45) is 0 Å². The van der Waals surface area contributed by atoms with Crippen LogP contribution in [0.2, 0.25) is 0 Å². The highest BCUT2D eigenvalue weighted by molar-refractivity contribution is 5.88. The normalized spacial score (nSPS) is 10.8. The van der Waals surface area contributed by atoms with Crippen LogP contribution in [0.4, 0.5) is 0 Å². The van der Waals surface area contributed by atoms with Crippen LogP contribution >= 0.6 is 0 Å². The maximum atomic E-state index is 12.2. The summed E-state index contributed by atoms with van der Waals surface area (Å²) in [5.74, 6) is 1.04. The van der Waals surface area contributed by atoms with Crippen LogP contribution < -0.4 is 4.74 Å². The van der Waals surface area contributed by atoms with Crippen LogP contribution in [0.5, 0.6) is 5.75 Å². The van der Waals surface area contributed by atoms with Gasteiger partial charge in [-0.05, 0) is 38.5 Å². The number of carbonyl (C=O) groups is 1. The van der Waals surface area contributed by atoms with Gasteiger partial charge in [0.2, 0.25) is 5.91 Å². The van der Waals surface area contributed by atoms with Gasteiger partial charge in [-0.15, -0.1) is 0 Å². The summed E-state index contributed by atoms with van der Waals surface area (Å²) in [6.45, 7) is 8.69. The van der Waals surface area contributed by atoms with E-state index in [9.17, 15) is 4.79 Å². The van der Waals surface area contributed by atoms with Crippen molar-refractivity contribution in [2.75, 3.05) is 19.7 Å². The molecular formula is C17H24N2O2. The lowest BCUT2D eigenvalue weighted by atomic mass is 10.2. The smallest absolute Gasteiger partial charge is 0.242 e. The number of benzene rings is 1. The van der Waals surface area contributed by atoms with Gasteiger partial charge in [0.25, 0.3) is 0 Å². The summed E-state index contributed by atoms with van der Waals surface area (Å²) in [4.78, 5) is 14.1. The quantitative estimate of drug-likeness (QED) is 0.783. The fourth-order valence-electron chi connectivity index (χ4n) is 2.49. The van der Waals surface area contributed by atoms with Crippen molar-refractivity contribution in [1.82, 2.24) is 9.47 Å². The molecule has 0 saturated carbocycles. The monoisotopic (exact) mass is 288 g/mol. The zero-order valence-corrected chi connectivity index (χ0v) is 13.1. The number of hydrogen-bond acceptors (Lipinski definition) is 2. The van der Waals surface area contributed by atoms with E-state index in [0.717, 1.165) is 36.2 Å². The molecule has 0 aliphatic carbocycles. The summed E-state index contributed by atoms with van der Waals surface area (Å²) in [7, 11) is 0. The molecule has 114 valence electrons. The molecule has 0 radical (unpaired) electrons. The Hall–Kier alpha value is -1.97. The highest BCUT2D eigenvalue weighted by atomic mass is 16.5. The number of amides is 1. The molecule has 0 saturated heterocycles. The Labute approximate surface area is 126 Å². The summed E-state index contributed by atoms with van der Waals surface area (Å²) in [5.41, 5.74) is 1.05. The predicted octanol–water partition coefficient (Wildman–Crippen LogP) is 3.30. The number of rotatable bonds is 7. The van der Waals surface area contributed by atoms with E-state index < -0.39 is 0 Å². The van der Waals surface area contributed by atoms with Crippen LogP contribution in [0.15, 0.2) is 30.5 Å². The lowest BCUT2D eigenvalue weighted by molar-refractivity contribution is -0.131. The minimum absolute atomic E-state index is 0.150. The topological polar surface area (TPSA) is 34.5 Å². The summed E-state index contributed by atoms with van der Waals surface area (Å²) < 4.78 is 7.76. The second kappa shape index (κ2) is 7.16. The van der Waals surface area contributed by atoms with Crippen LogP contribution in [0.25, 0.3) is 10.9 Å². The average molecular weight is 288 g/mol. The molecule has 0 N–H and O–H groups in total. The maximum absolute atomic E-state index is 12.2. The van der Waals surface area contributed by atoms with E-state index in [2.05, 4.69) is 6.92 Å². The largest absolute Gasteiger partial charge is 0.493 e. The molecule has 0 atom stereocenters. The van der Waals surface area contributed by atoms with Crippen molar-refractivity contribution >= 4 is 16.8 Å². The van der Waals surface area contributed by atoms with Gasteiger partial charge in [-0.2, -0.15) is 0 Å². The van der Waals surface area contributed by atoms with Gasteiger partial charge in [-0.25, -0.2) is 0 Å². The van der Waals surface area contributed by atoms with Crippen LogP contribution in [0.1, 0.15) is 27.2 Å². The van der Waals surface area contributed by atoms with Crippen molar-refractivity contribution in [1.29, 1.82) is 0 Å². The minimum atomic E-state index is 0.150. The molecule has 1 heterocycles. The standard InChI is InChI=1S/C17H24N2O2/c1-4-12-21-16-9-7-8-15-14(16)10-11-19(15)13-17(20)18(5-2)6-3/h7-11H,4-6,12-13H2,1-3H3. The second-order valence-electron chi connectivity index (χ2n) is 5.05. The highest BCUT2D eigenvalue weighted by Crippen LogP contribution is 2.26. The summed E-state index contributed by atoms with van der Waals surface area (Å²) in [6.07, 6.45) is 2.95. The maximum Gasteiger partial charge on any atom is 0.242 e. The molecule has 4 nitrogen and oxygen atoms in total. The SMILES string of the molecule is CCCOc1cccc2c1ccn2CC(=O)N(CC)CC. The number of aromatic nitrogens is 1. The van der Waals surface area contributed by atoms with E-state index in [1.165, 1.54) is 0 Å². The molecule has 1 aromatic heterocycles. The third-order valence-corrected chi connectivity index (χ3v) is 3.66. The van der Waals surface area contributed by atoms with Crippen molar-refractivity contribution in [3.8, 4) is 5.75 Å². The molecular weight excluding hydrogens is 264 g/mol. The Kier molecular flexibility index (Phi) is 5.26. The average Bonchev–Trinajstić information content (AvgIpc) is 2.90. The van der Waals surface area contributed by atoms with Gasteiger partial charge in [0, 0.05) is 24.7 Å². The fraction of sp³-hybridized carbons (Fsp3) is 0.471. The number of carbonyl (C=O) groups excluding carboxylic acids is 1. The van der Waals surface area contributed by atoms with Crippen molar-refractivity contribution in [3.05, 3.63) is 30.5 Å². The molecule has 1 aromatic carbocycles. The Bertz CT molecular complexity index is 600. The minimum Gasteiger partial charge on any atom is -0.493 e. The fourth-order valence-corrected chi connectivity index (χ4v) is 2.49. The molecule has 0 spiro atoms. The van der Waals surface area contributed by atoms with Crippen LogP contribution in [-0.2, 0) is 11.3 Å². The molecule has 1 amide bonds. The van der Waals surface area contributed by atoms with Gasteiger partial charge in [-0.1, -0.05) is 13.0 Å². The molecule has 0 fully saturated rings. The van der Waals surface area contributed by atoms with Crippen molar-refractivity contribution in [3.63, 3.8) is 0 Å². The number of ether oxygens (including phenoxy) is 1. The van der Waals surface area contributed by atoms with Crippen LogP contribution in [-0.4, -0.2) is 35.1 Å². The Morgan fingerprint density at radius 2 is 1.95 bits per heavy atom. The van der Waals surface area contributed by atoms with E-state index in [0.29, 0.717) is 13.2 Å². The molecule has 4 heteroatoms. The summed E-state index contributed by atoms with van der Waals surface area (Å²) in [5, 5.41) is 1.07. The van der Waals surface area contributed by atoms with E-state index in [4.69, 9.17) is 4.74 Å². The first-order chi connectivity index (χ1) is 10.2. The molecule has 2 aromatic rings. The first-order valence-electron chi connectivity index (χ1n) is 7.69. The first kappa shape index (κ1) is 15.4. The lowest BCUT2D eigenvalue weighted by Gasteiger charge is -2.19. The van der Waals surface area contributed by atoms with E-state index in [1.807, 2.05) is 53.8 Å². The highest BCUT2D eigenvalue weighted by Gasteiger charge is 2.13. The molecule has 21 heavy (non-hydrogen) atoms. The van der Waals surface area contributed by atoms with E-state index in [-0.39, 0.29) is 5.91 Å². The molecule has 0 unspecified atom stereocenters. The van der Waals surface area contributed by atoms with Gasteiger partial charge in [0.15, 0.2) is 0 Å². The van der Waals surface area contributed by atoms with Gasteiger partial charge in [0.05, 0.1) is 12.1 Å². The molecule has 2 rings (SSSR count). The molecule has 0 aliphatic heterocycles. The Morgan fingerprint density at radius 1 is 1.19 bits per heavy atom. The second-order valence-corrected chi connectivity index (χ2v) is 5.05. The van der Waals surface area contributed by atoms with Crippen molar-refractivity contribution in [2.45, 2.75) is 33.7 Å². The van der Waals surface area contributed by atoms with E-state index >= 15 is 0 Å². The van der Waals surface area contributed by atoms with Crippen LogP contribution in [0.3, 0.4) is 0 Å². The Balaban J connectivity index is 2.24. The first-order valence-corrected chi connectivity index (χ1v) is 7.69. The number of nitrogens with zero attached hydrogens (tertiary/aromatic N) is 2. The molecule has 0 aliphatic rings. The number of hydrogen-bond donors (Lipinski definition) is 0. The zero-order valence-electron chi connectivity index (χ0n) is 13.1. The van der Waals surface area contributed by atoms with E-state index in [1.54, 1.807) is 0 Å². The third kappa shape index (κ3) is 3.38. The zero-order chi connectivity index (χ0) is 15.2. The van der Waals surface area contributed by atoms with Crippen molar-refractivity contribution < 1.29 is 9.53 Å². The van der Waals surface area contributed by atoms with Gasteiger partial charge in [-0.3, -0.25) is 4.79 Å². The number of likely N-dealkylation sites (N-methyl/N-ethyl adjacent to an activating group) is 1. The third-order valence-electron chi connectivity index (χ3n) is 3.66. The Morgan fingerprint density at radius 3 is 2.62 bits per heavy atom. The van der Waals surface area contributed by atoms with Gasteiger partial charge in [0.1, 0.15) is 12.3 Å². The predicted molar refractivity (Wildman–Crippen MR) is 85.7 cm³/mol. The van der Waals surface area contributed by atoms with Gasteiger partial charge < -0.3 is 14.2 Å². The summed E-state index contributed by atoms with van der Waals surface area (Å²) in [6, 6.07) is 8.01. The number of fused-ring (bicyclic) bond motifs is 1. The van der Waals surface area contributed by atoms with Gasteiger partial charge >= 0.3 is 0 Å². The molecule has 0 bridgehead atoms.